The van der Waals surface area contributed by atoms with Gasteiger partial charge in [0.25, 0.3) is 0 Å². The van der Waals surface area contributed by atoms with Crippen molar-refractivity contribution in [3.05, 3.63) is 36.2 Å². The predicted molar refractivity (Wildman–Crippen MR) is 59.6 cm³/mol. The maximum atomic E-state index is 10.3. The Morgan fingerprint density at radius 3 is 2.88 bits per heavy atom. The summed E-state index contributed by atoms with van der Waals surface area (Å²) in [6.07, 6.45) is 2.97. The molecule has 1 heterocycles. The van der Waals surface area contributed by atoms with Crippen molar-refractivity contribution in [2.24, 2.45) is 4.99 Å². The van der Waals surface area contributed by atoms with Gasteiger partial charge in [-0.05, 0) is 12.1 Å². The van der Waals surface area contributed by atoms with Gasteiger partial charge in [-0.1, -0.05) is 12.1 Å². The molecule has 5 heteroatoms. The van der Waals surface area contributed by atoms with Crippen molar-refractivity contribution in [3.63, 3.8) is 0 Å². The van der Waals surface area contributed by atoms with Gasteiger partial charge in [0.2, 0.25) is 0 Å². The molecule has 0 aliphatic carbocycles. The quantitative estimate of drug-likeness (QED) is 0.779. The molecular weight excluding hydrogens is 206 g/mol. The molecule has 0 unspecified atom stereocenters. The third kappa shape index (κ3) is 2.38. The van der Waals surface area contributed by atoms with Crippen molar-refractivity contribution >= 4 is 23.2 Å². The normalized spacial score (nSPS) is 11.0. The number of carboxylic acid groups (broad SMARTS) is 1. The summed E-state index contributed by atoms with van der Waals surface area (Å²) in [5.74, 6) is -0.968. The maximum Gasteiger partial charge on any atom is 0.325 e. The summed E-state index contributed by atoms with van der Waals surface area (Å²) < 4.78 is 0. The van der Waals surface area contributed by atoms with Gasteiger partial charge in [-0.15, -0.1) is 0 Å². The number of benzene rings is 1. The molecule has 1 aromatic carbocycles. The average molecular weight is 215 g/mol. The first kappa shape index (κ1) is 10.2. The molecule has 2 aromatic rings. The molecule has 0 saturated carbocycles. The first-order valence-electron chi connectivity index (χ1n) is 4.69. The van der Waals surface area contributed by atoms with Crippen LogP contribution in [0.25, 0.3) is 11.0 Å². The average Bonchev–Trinajstić information content (AvgIpc) is 2.28. The number of aliphatic carboxylic acids is 1. The Bertz CT molecular complexity index is 552. The summed E-state index contributed by atoms with van der Waals surface area (Å²) in [6.45, 7) is -0.255. The van der Waals surface area contributed by atoms with E-state index in [1.165, 1.54) is 6.21 Å². The number of carboxylic acids is 1. The fourth-order valence-electron chi connectivity index (χ4n) is 1.25. The van der Waals surface area contributed by atoms with E-state index in [-0.39, 0.29) is 6.54 Å². The van der Waals surface area contributed by atoms with Crippen molar-refractivity contribution in [3.8, 4) is 0 Å². The lowest BCUT2D eigenvalue weighted by atomic mass is 10.3. The van der Waals surface area contributed by atoms with Gasteiger partial charge in [0.15, 0.2) is 0 Å². The molecule has 1 N–H and O–H groups in total. The summed E-state index contributed by atoms with van der Waals surface area (Å²) in [6, 6.07) is 7.46. The van der Waals surface area contributed by atoms with E-state index < -0.39 is 5.97 Å². The van der Waals surface area contributed by atoms with Crippen LogP contribution in [0, 0.1) is 0 Å². The number of aliphatic imine (C=N–C) groups is 1. The molecule has 0 aliphatic heterocycles. The van der Waals surface area contributed by atoms with Gasteiger partial charge >= 0.3 is 5.97 Å². The molecule has 1 aromatic heterocycles. The molecule has 0 radical (unpaired) electrons. The van der Waals surface area contributed by atoms with E-state index in [0.29, 0.717) is 5.69 Å². The second-order valence-corrected chi connectivity index (χ2v) is 3.15. The molecule has 16 heavy (non-hydrogen) atoms. The van der Waals surface area contributed by atoms with Gasteiger partial charge < -0.3 is 5.11 Å². The monoisotopic (exact) mass is 215 g/mol. The van der Waals surface area contributed by atoms with Gasteiger partial charge in [-0.3, -0.25) is 14.8 Å². The molecular formula is C11H9N3O2. The van der Waals surface area contributed by atoms with Gasteiger partial charge in [-0.25, -0.2) is 4.98 Å². The van der Waals surface area contributed by atoms with Crippen LogP contribution in [0.2, 0.25) is 0 Å². The molecule has 0 atom stereocenters. The van der Waals surface area contributed by atoms with Crippen molar-refractivity contribution < 1.29 is 9.90 Å². The number of nitrogens with zero attached hydrogens (tertiary/aromatic N) is 3. The number of aromatic nitrogens is 2. The fraction of sp³-hybridized carbons (Fsp3) is 0.0909. The zero-order chi connectivity index (χ0) is 11.4. The van der Waals surface area contributed by atoms with E-state index in [4.69, 9.17) is 5.11 Å². The predicted octanol–water partition coefficient (Wildman–Crippen LogP) is 1.13. The van der Waals surface area contributed by atoms with E-state index in [9.17, 15) is 4.79 Å². The van der Waals surface area contributed by atoms with Crippen LogP contribution in [0.5, 0.6) is 0 Å². The summed E-state index contributed by atoms with van der Waals surface area (Å²) in [7, 11) is 0. The highest BCUT2D eigenvalue weighted by Gasteiger charge is 1.96. The summed E-state index contributed by atoms with van der Waals surface area (Å²) in [5.41, 5.74) is 2.12. The van der Waals surface area contributed by atoms with Crippen molar-refractivity contribution in [2.75, 3.05) is 6.54 Å². The minimum absolute atomic E-state index is 0.255. The second-order valence-electron chi connectivity index (χ2n) is 3.15. The van der Waals surface area contributed by atoms with Crippen LogP contribution in [-0.4, -0.2) is 33.8 Å². The topological polar surface area (TPSA) is 75.4 Å². The Kier molecular flexibility index (Phi) is 2.86. The minimum Gasteiger partial charge on any atom is -0.480 e. The zero-order valence-electron chi connectivity index (χ0n) is 8.37. The highest BCUT2D eigenvalue weighted by atomic mass is 16.4. The second kappa shape index (κ2) is 4.48. The molecule has 0 aliphatic rings. The molecule has 80 valence electrons. The third-order valence-electron chi connectivity index (χ3n) is 1.92. The van der Waals surface area contributed by atoms with Gasteiger partial charge in [0.05, 0.1) is 22.9 Å². The van der Waals surface area contributed by atoms with E-state index in [1.807, 2.05) is 24.3 Å². The summed E-state index contributed by atoms with van der Waals surface area (Å²) in [4.78, 5) is 22.4. The molecule has 0 fully saturated rings. The molecule has 0 amide bonds. The van der Waals surface area contributed by atoms with Crippen molar-refractivity contribution in [1.29, 1.82) is 0 Å². The van der Waals surface area contributed by atoms with Crippen LogP contribution >= 0.6 is 0 Å². The Labute approximate surface area is 91.5 Å². The SMILES string of the molecule is O=C(O)CN=Cc1cnc2ccccc2n1. The molecule has 0 bridgehead atoms. The van der Waals surface area contributed by atoms with Crippen molar-refractivity contribution in [1.82, 2.24) is 9.97 Å². The Balaban J connectivity index is 2.26. The number of rotatable bonds is 3. The molecule has 0 saturated heterocycles. The highest BCUT2D eigenvalue weighted by Crippen LogP contribution is 2.07. The van der Waals surface area contributed by atoms with Crippen LogP contribution in [0.15, 0.2) is 35.5 Å². The van der Waals surface area contributed by atoms with Crippen LogP contribution in [0.4, 0.5) is 0 Å². The number of hydrogen-bond acceptors (Lipinski definition) is 4. The van der Waals surface area contributed by atoms with Gasteiger partial charge in [-0.2, -0.15) is 0 Å². The lowest BCUT2D eigenvalue weighted by molar-refractivity contribution is -0.135. The fourth-order valence-corrected chi connectivity index (χ4v) is 1.25. The van der Waals surface area contributed by atoms with E-state index in [1.54, 1.807) is 6.20 Å². The van der Waals surface area contributed by atoms with Crippen LogP contribution < -0.4 is 0 Å². The zero-order valence-corrected chi connectivity index (χ0v) is 8.37. The van der Waals surface area contributed by atoms with Crippen molar-refractivity contribution in [2.45, 2.75) is 0 Å². The third-order valence-corrected chi connectivity index (χ3v) is 1.92. The number of fused-ring (bicyclic) bond motifs is 1. The standard InChI is InChI=1S/C11H9N3O2/c15-11(16)7-12-5-8-6-13-9-3-1-2-4-10(9)14-8/h1-6H,7H2,(H,15,16). The Morgan fingerprint density at radius 2 is 2.12 bits per heavy atom. The Morgan fingerprint density at radius 1 is 1.38 bits per heavy atom. The van der Waals surface area contributed by atoms with Crippen LogP contribution in [0.3, 0.4) is 0 Å². The van der Waals surface area contributed by atoms with E-state index in [0.717, 1.165) is 11.0 Å². The summed E-state index contributed by atoms with van der Waals surface area (Å²) in [5, 5.41) is 8.41. The van der Waals surface area contributed by atoms with E-state index in [2.05, 4.69) is 15.0 Å². The van der Waals surface area contributed by atoms with Gasteiger partial charge in [0, 0.05) is 6.21 Å². The smallest absolute Gasteiger partial charge is 0.325 e. The maximum absolute atomic E-state index is 10.3. The van der Waals surface area contributed by atoms with E-state index >= 15 is 0 Å². The Hall–Kier alpha value is -2.30. The summed E-state index contributed by atoms with van der Waals surface area (Å²) >= 11 is 0. The van der Waals surface area contributed by atoms with Crippen LogP contribution in [0.1, 0.15) is 5.69 Å². The van der Waals surface area contributed by atoms with Crippen LogP contribution in [-0.2, 0) is 4.79 Å². The lowest BCUT2D eigenvalue weighted by Gasteiger charge is -1.96. The first-order valence-corrected chi connectivity index (χ1v) is 4.69. The molecule has 2 rings (SSSR count). The number of para-hydroxylation sites is 2. The number of hydrogen-bond donors (Lipinski definition) is 1. The lowest BCUT2D eigenvalue weighted by Crippen LogP contribution is -2.00. The minimum atomic E-state index is -0.968. The largest absolute Gasteiger partial charge is 0.480 e. The first-order chi connectivity index (χ1) is 7.75. The number of carbonyl (C=O) groups is 1. The highest BCUT2D eigenvalue weighted by molar-refractivity contribution is 5.83. The molecule has 5 nitrogen and oxygen atoms in total. The molecule has 0 spiro atoms. The van der Waals surface area contributed by atoms with Gasteiger partial charge in [0.1, 0.15) is 6.54 Å².